The van der Waals surface area contributed by atoms with Gasteiger partial charge in [-0.15, -0.1) is 0 Å². The quantitative estimate of drug-likeness (QED) is 0.0946. The highest BCUT2D eigenvalue weighted by Crippen LogP contribution is 2.24. The Morgan fingerprint density at radius 2 is 1.80 bits per heavy atom. The first kappa shape index (κ1) is 35.4. The van der Waals surface area contributed by atoms with Gasteiger partial charge in [0.05, 0.1) is 23.0 Å². The van der Waals surface area contributed by atoms with E-state index in [9.17, 15) is 19.2 Å². The molecule has 11 heteroatoms. The van der Waals surface area contributed by atoms with Crippen LogP contribution in [-0.2, 0) is 9.59 Å². The van der Waals surface area contributed by atoms with Crippen LogP contribution in [0.1, 0.15) is 59.2 Å². The van der Waals surface area contributed by atoms with Crippen LogP contribution in [0.4, 0.5) is 17.1 Å². The van der Waals surface area contributed by atoms with Crippen molar-refractivity contribution in [1.29, 1.82) is 0 Å². The number of nitrogens with one attached hydrogen (secondary N) is 4. The lowest BCUT2D eigenvalue weighted by molar-refractivity contribution is -0.121. The molecule has 3 rings (SSSR count). The molecule has 4 N–H and O–H groups in total. The number of hydrogen-bond acceptors (Lipinski definition) is 9. The molecule has 0 aromatic heterocycles. The van der Waals surface area contributed by atoms with E-state index in [4.69, 9.17) is 0 Å². The lowest BCUT2D eigenvalue weighted by atomic mass is 10.0. The topological polar surface area (TPSA) is 135 Å². The first-order chi connectivity index (χ1) is 21.9. The second-order valence-corrected chi connectivity index (χ2v) is 11.5. The molecular weight excluding hydrogens is 570 g/mol. The zero-order chi connectivity index (χ0) is 32.4. The van der Waals surface area contributed by atoms with Gasteiger partial charge < -0.3 is 35.9 Å². The van der Waals surface area contributed by atoms with Crippen LogP contribution < -0.4 is 21.3 Å². The summed E-state index contributed by atoms with van der Waals surface area (Å²) >= 11 is 0. The van der Waals surface area contributed by atoms with Gasteiger partial charge in [0.1, 0.15) is 6.29 Å². The second kappa shape index (κ2) is 19.3. The fourth-order valence-corrected chi connectivity index (χ4v) is 5.61. The Labute approximate surface area is 267 Å². The fourth-order valence-electron chi connectivity index (χ4n) is 5.61. The number of amides is 2. The Kier molecular flexibility index (Phi) is 15.2. The Balaban J connectivity index is 1.34. The van der Waals surface area contributed by atoms with Crippen LogP contribution in [0.3, 0.4) is 0 Å². The zero-order valence-corrected chi connectivity index (χ0v) is 26.7. The number of carbonyl (C=O) groups excluding carboxylic acids is 4. The summed E-state index contributed by atoms with van der Waals surface area (Å²) in [6.45, 7) is 10.4. The molecule has 0 radical (unpaired) electrons. The van der Waals surface area contributed by atoms with Crippen LogP contribution in [0.25, 0.3) is 0 Å². The summed E-state index contributed by atoms with van der Waals surface area (Å²) in [6.07, 6.45) is 5.82. The number of anilines is 2. The largest absolute Gasteiger partial charge is 0.384 e. The Bertz CT molecular complexity index is 1270. The second-order valence-electron chi connectivity index (χ2n) is 11.5. The third-order valence-electron chi connectivity index (χ3n) is 8.33. The molecule has 1 aliphatic heterocycles. The lowest BCUT2D eigenvalue weighted by Gasteiger charge is -2.25. The monoisotopic (exact) mass is 619 g/mol. The van der Waals surface area contributed by atoms with Gasteiger partial charge in [-0.25, -0.2) is 0 Å². The number of likely N-dealkylation sites (N-methyl/N-ethyl adjacent to an activating group) is 1. The van der Waals surface area contributed by atoms with Crippen molar-refractivity contribution in [3.63, 3.8) is 0 Å². The van der Waals surface area contributed by atoms with Crippen molar-refractivity contribution in [2.75, 3.05) is 70.5 Å². The molecular formula is C34H49N7O4. The van der Waals surface area contributed by atoms with E-state index in [0.717, 1.165) is 69.9 Å². The summed E-state index contributed by atoms with van der Waals surface area (Å²) in [5.74, 6) is 0.0221. The molecule has 2 aromatic carbocycles. The van der Waals surface area contributed by atoms with Crippen molar-refractivity contribution in [3.05, 3.63) is 53.6 Å². The highest BCUT2D eigenvalue weighted by molar-refractivity contribution is 6.06. The number of likely N-dealkylation sites (tertiary alicyclic amines) is 1. The molecule has 0 spiro atoms. The van der Waals surface area contributed by atoms with Crippen molar-refractivity contribution < 1.29 is 19.2 Å². The van der Waals surface area contributed by atoms with E-state index in [2.05, 4.69) is 37.9 Å². The summed E-state index contributed by atoms with van der Waals surface area (Å²) in [5.41, 5.74) is 2.97. The van der Waals surface area contributed by atoms with Crippen molar-refractivity contribution in [2.45, 2.75) is 44.6 Å². The third kappa shape index (κ3) is 11.1. The average molecular weight is 620 g/mol. The summed E-state index contributed by atoms with van der Waals surface area (Å²) in [7, 11) is 3.05. The molecule has 1 fully saturated rings. The minimum absolute atomic E-state index is 0.119. The highest BCUT2D eigenvalue weighted by atomic mass is 16.2. The van der Waals surface area contributed by atoms with E-state index in [1.807, 2.05) is 24.3 Å². The highest BCUT2D eigenvalue weighted by Gasteiger charge is 2.26. The molecule has 1 saturated heterocycles. The first-order valence-electron chi connectivity index (χ1n) is 15.9. The van der Waals surface area contributed by atoms with Crippen molar-refractivity contribution >= 4 is 48.2 Å². The minimum Gasteiger partial charge on any atom is -0.384 e. The number of unbranched alkanes of at least 4 members (excludes halogenated alkanes) is 2. The fraction of sp³-hybridized carbons (Fsp3) is 0.500. The van der Waals surface area contributed by atoms with Crippen molar-refractivity contribution in [3.8, 4) is 0 Å². The van der Waals surface area contributed by atoms with E-state index in [0.29, 0.717) is 30.7 Å². The molecule has 0 saturated carbocycles. The number of aliphatic imine (C=N–C) groups is 1. The molecule has 1 heterocycles. The molecule has 2 aromatic rings. The van der Waals surface area contributed by atoms with Gasteiger partial charge in [-0.05, 0) is 76.2 Å². The number of hydrogen-bond donors (Lipinski definition) is 4. The molecule has 1 aliphatic rings. The normalized spacial score (nSPS) is 15.2. The molecule has 45 heavy (non-hydrogen) atoms. The van der Waals surface area contributed by atoms with Crippen LogP contribution in [0.5, 0.6) is 0 Å². The van der Waals surface area contributed by atoms with Crippen molar-refractivity contribution in [2.24, 2.45) is 10.9 Å². The van der Waals surface area contributed by atoms with Gasteiger partial charge in [0.15, 0.2) is 6.29 Å². The standard InChI is InChI=1S/C34H49N7O4/c1-35-29-11-5-6-12-30(29)39-19-21-41-20-16-26(23-41)22-37-17-7-4-8-18-38-31-13-9-10-27(24-42)33(31)34(45)40(3)28(25-43)14-15-32(44)36-2/h5-6,9-13,24-26,28,37-39H,1,4,7-8,14-23H2,2-3H3,(H,36,44). The van der Waals surface area contributed by atoms with E-state index in [1.54, 1.807) is 18.2 Å². The van der Waals surface area contributed by atoms with Crippen LogP contribution in [-0.4, -0.2) is 107 Å². The molecule has 2 unspecified atom stereocenters. The smallest absolute Gasteiger partial charge is 0.257 e. The molecule has 0 aliphatic carbocycles. The first-order valence-corrected chi connectivity index (χ1v) is 15.9. The third-order valence-corrected chi connectivity index (χ3v) is 8.33. The summed E-state index contributed by atoms with van der Waals surface area (Å²) in [5, 5.41) is 12.9. The van der Waals surface area contributed by atoms with Gasteiger partial charge in [-0.1, -0.05) is 30.7 Å². The predicted octanol–water partition coefficient (Wildman–Crippen LogP) is 3.60. The van der Waals surface area contributed by atoms with Crippen LogP contribution >= 0.6 is 0 Å². The summed E-state index contributed by atoms with van der Waals surface area (Å²) in [4.78, 5) is 56.4. The number of para-hydroxylation sites is 2. The van der Waals surface area contributed by atoms with Crippen LogP contribution in [0, 0.1) is 5.92 Å². The summed E-state index contributed by atoms with van der Waals surface area (Å²) < 4.78 is 0. The zero-order valence-electron chi connectivity index (χ0n) is 26.7. The number of nitrogens with zero attached hydrogens (tertiary/aromatic N) is 3. The number of carbonyl (C=O) groups is 4. The number of benzene rings is 2. The maximum absolute atomic E-state index is 13.4. The maximum Gasteiger partial charge on any atom is 0.257 e. The molecule has 2 atom stereocenters. The Morgan fingerprint density at radius 3 is 2.56 bits per heavy atom. The minimum atomic E-state index is -0.775. The maximum atomic E-state index is 13.4. The Hall–Kier alpha value is -4.09. The van der Waals surface area contributed by atoms with Gasteiger partial charge >= 0.3 is 0 Å². The van der Waals surface area contributed by atoms with E-state index in [-0.39, 0.29) is 29.9 Å². The molecule has 11 nitrogen and oxygen atoms in total. The van der Waals surface area contributed by atoms with E-state index >= 15 is 0 Å². The predicted molar refractivity (Wildman–Crippen MR) is 181 cm³/mol. The van der Waals surface area contributed by atoms with Gasteiger partial charge in [-0.3, -0.25) is 19.4 Å². The van der Waals surface area contributed by atoms with Crippen molar-refractivity contribution in [1.82, 2.24) is 20.4 Å². The molecule has 2 amide bonds. The van der Waals surface area contributed by atoms with Crippen LogP contribution in [0.15, 0.2) is 47.5 Å². The summed E-state index contributed by atoms with van der Waals surface area (Å²) in [6, 6.07) is 12.3. The average Bonchev–Trinajstić information content (AvgIpc) is 3.52. The van der Waals surface area contributed by atoms with Gasteiger partial charge in [-0.2, -0.15) is 0 Å². The number of rotatable bonds is 21. The van der Waals surface area contributed by atoms with Gasteiger partial charge in [0, 0.05) is 57.9 Å². The van der Waals surface area contributed by atoms with Gasteiger partial charge in [0.25, 0.3) is 5.91 Å². The van der Waals surface area contributed by atoms with Crippen LogP contribution in [0.2, 0.25) is 0 Å². The lowest BCUT2D eigenvalue weighted by Crippen LogP contribution is -2.39. The van der Waals surface area contributed by atoms with E-state index in [1.165, 1.54) is 25.4 Å². The number of aldehydes is 2. The Morgan fingerprint density at radius 1 is 1.04 bits per heavy atom. The molecule has 244 valence electrons. The molecule has 0 bridgehead atoms. The SMILES string of the molecule is C=Nc1ccccc1NCCN1CCC(CNCCCCCNc2cccc(C=O)c2C(=O)N(C)C(C=O)CCC(=O)NC)C1. The van der Waals surface area contributed by atoms with Gasteiger partial charge in [0.2, 0.25) is 5.91 Å². The van der Waals surface area contributed by atoms with E-state index < -0.39 is 11.9 Å².